The highest BCUT2D eigenvalue weighted by atomic mass is 32.2. The smallest absolute Gasteiger partial charge is 0.244 e. The molecular formula is C24H22N2O5S. The van der Waals surface area contributed by atoms with Gasteiger partial charge in [-0.1, -0.05) is 42.5 Å². The minimum absolute atomic E-state index is 0.132. The maximum Gasteiger partial charge on any atom is 0.244 e. The first kappa shape index (κ1) is 20.5. The van der Waals surface area contributed by atoms with Gasteiger partial charge in [-0.05, 0) is 41.8 Å². The van der Waals surface area contributed by atoms with Crippen molar-refractivity contribution >= 4 is 21.6 Å². The van der Waals surface area contributed by atoms with Gasteiger partial charge in [0.2, 0.25) is 15.9 Å². The molecule has 2 heterocycles. The van der Waals surface area contributed by atoms with E-state index in [2.05, 4.69) is 5.32 Å². The predicted octanol–water partition coefficient (Wildman–Crippen LogP) is 3.21. The van der Waals surface area contributed by atoms with Gasteiger partial charge in [-0.3, -0.25) is 4.79 Å². The number of fused-ring (bicyclic) bond motifs is 2. The van der Waals surface area contributed by atoms with Gasteiger partial charge in [0.1, 0.15) is 19.3 Å². The Labute approximate surface area is 186 Å². The summed E-state index contributed by atoms with van der Waals surface area (Å²) < 4.78 is 39.3. The van der Waals surface area contributed by atoms with E-state index >= 15 is 0 Å². The van der Waals surface area contributed by atoms with Crippen LogP contribution in [-0.4, -0.2) is 37.9 Å². The van der Waals surface area contributed by atoms with Gasteiger partial charge >= 0.3 is 0 Å². The minimum Gasteiger partial charge on any atom is -0.486 e. The van der Waals surface area contributed by atoms with Crippen LogP contribution in [0.15, 0.2) is 77.7 Å². The third-order valence-electron chi connectivity index (χ3n) is 5.67. The number of rotatable bonds is 4. The first-order valence-corrected chi connectivity index (χ1v) is 11.8. The van der Waals surface area contributed by atoms with Gasteiger partial charge in [0.05, 0.1) is 4.90 Å². The molecule has 0 aromatic heterocycles. The summed E-state index contributed by atoms with van der Waals surface area (Å²) in [4.78, 5) is 13.5. The first-order chi connectivity index (χ1) is 15.5. The highest BCUT2D eigenvalue weighted by molar-refractivity contribution is 7.89. The standard InChI is InChI=1S/C24H22N2O5S/c27-24(25-19-10-11-22-23(15-19)31-13-12-30-22)21-14-17-6-4-5-7-18(17)16-26(21)32(28,29)20-8-2-1-3-9-20/h1-11,15,21H,12-14,16H2,(H,25,27). The number of sulfonamides is 1. The van der Waals surface area contributed by atoms with Crippen molar-refractivity contribution in [2.45, 2.75) is 23.9 Å². The second kappa shape index (κ2) is 8.29. The Bertz CT molecular complexity index is 1260. The normalized spacial score (nSPS) is 17.9. The maximum atomic E-state index is 13.5. The quantitative estimate of drug-likeness (QED) is 0.660. The van der Waals surface area contributed by atoms with Gasteiger partial charge in [0, 0.05) is 18.3 Å². The molecule has 1 atom stereocenters. The molecule has 1 N–H and O–H groups in total. The number of nitrogens with one attached hydrogen (secondary N) is 1. The maximum absolute atomic E-state index is 13.5. The lowest BCUT2D eigenvalue weighted by Crippen LogP contribution is -2.50. The topological polar surface area (TPSA) is 84.9 Å². The van der Waals surface area contributed by atoms with E-state index in [1.54, 1.807) is 48.5 Å². The van der Waals surface area contributed by atoms with Crippen LogP contribution in [0.1, 0.15) is 11.1 Å². The highest BCUT2D eigenvalue weighted by Gasteiger charge is 2.39. The van der Waals surface area contributed by atoms with Crippen molar-refractivity contribution in [1.29, 1.82) is 0 Å². The molecule has 7 nitrogen and oxygen atoms in total. The third-order valence-corrected chi connectivity index (χ3v) is 7.54. The van der Waals surface area contributed by atoms with Gasteiger partial charge in [-0.15, -0.1) is 0 Å². The van der Waals surface area contributed by atoms with E-state index in [-0.39, 0.29) is 11.4 Å². The molecule has 0 radical (unpaired) electrons. The van der Waals surface area contributed by atoms with Crippen molar-refractivity contribution in [3.05, 3.63) is 83.9 Å². The number of nitrogens with zero attached hydrogens (tertiary/aromatic N) is 1. The molecule has 1 amide bonds. The predicted molar refractivity (Wildman–Crippen MR) is 119 cm³/mol. The van der Waals surface area contributed by atoms with Crippen molar-refractivity contribution < 1.29 is 22.7 Å². The Balaban J connectivity index is 1.47. The van der Waals surface area contributed by atoms with E-state index in [1.165, 1.54) is 4.31 Å². The number of hydrogen-bond acceptors (Lipinski definition) is 5. The molecule has 0 saturated carbocycles. The summed E-state index contributed by atoms with van der Waals surface area (Å²) in [5.74, 6) is 0.779. The van der Waals surface area contributed by atoms with Gasteiger partial charge in [0.15, 0.2) is 11.5 Å². The fourth-order valence-corrected chi connectivity index (χ4v) is 5.64. The van der Waals surface area contributed by atoms with E-state index in [0.29, 0.717) is 36.8 Å². The van der Waals surface area contributed by atoms with Crippen molar-refractivity contribution in [2.75, 3.05) is 18.5 Å². The Morgan fingerprint density at radius 3 is 2.34 bits per heavy atom. The number of anilines is 1. The fraction of sp³-hybridized carbons (Fsp3) is 0.208. The summed E-state index contributed by atoms with van der Waals surface area (Å²) in [6.45, 7) is 1.05. The van der Waals surface area contributed by atoms with Crippen LogP contribution in [0.5, 0.6) is 11.5 Å². The second-order valence-corrected chi connectivity index (χ2v) is 9.59. The van der Waals surface area contributed by atoms with Crippen molar-refractivity contribution in [2.24, 2.45) is 0 Å². The summed E-state index contributed by atoms with van der Waals surface area (Å²) in [6, 6.07) is 20.1. The molecule has 0 spiro atoms. The number of carbonyl (C=O) groups excluding carboxylic acids is 1. The molecule has 0 saturated heterocycles. The molecule has 3 aromatic rings. The largest absolute Gasteiger partial charge is 0.486 e. The molecule has 1 unspecified atom stereocenters. The zero-order valence-corrected chi connectivity index (χ0v) is 18.0. The molecule has 0 aliphatic carbocycles. The lowest BCUT2D eigenvalue weighted by molar-refractivity contribution is -0.120. The van der Waals surface area contributed by atoms with E-state index in [0.717, 1.165) is 11.1 Å². The van der Waals surface area contributed by atoms with Crippen LogP contribution in [0, 0.1) is 0 Å². The molecule has 2 aliphatic heterocycles. The van der Waals surface area contributed by atoms with Crippen LogP contribution in [0.3, 0.4) is 0 Å². The minimum atomic E-state index is -3.88. The van der Waals surface area contributed by atoms with Gasteiger partial charge in [0.25, 0.3) is 0 Å². The van der Waals surface area contributed by atoms with E-state index in [4.69, 9.17) is 9.47 Å². The number of amides is 1. The number of benzene rings is 3. The molecule has 0 fully saturated rings. The Kier molecular flexibility index (Phi) is 5.32. The van der Waals surface area contributed by atoms with Gasteiger partial charge < -0.3 is 14.8 Å². The van der Waals surface area contributed by atoms with Crippen LogP contribution in [-0.2, 0) is 27.8 Å². The average molecular weight is 451 g/mol. The molecule has 5 rings (SSSR count). The van der Waals surface area contributed by atoms with Crippen molar-refractivity contribution in [3.8, 4) is 11.5 Å². The van der Waals surface area contributed by atoms with Crippen LogP contribution in [0.2, 0.25) is 0 Å². The number of ether oxygens (including phenoxy) is 2. The molecular weight excluding hydrogens is 428 g/mol. The molecule has 164 valence electrons. The lowest BCUT2D eigenvalue weighted by Gasteiger charge is -2.35. The van der Waals surface area contributed by atoms with Crippen molar-refractivity contribution in [1.82, 2.24) is 4.31 Å². The fourth-order valence-electron chi connectivity index (χ4n) is 4.05. The van der Waals surface area contributed by atoms with Crippen LogP contribution in [0.25, 0.3) is 0 Å². The summed E-state index contributed by atoms with van der Waals surface area (Å²) in [5.41, 5.74) is 2.39. The van der Waals surface area contributed by atoms with E-state index in [9.17, 15) is 13.2 Å². The SMILES string of the molecule is O=C(Nc1ccc2c(c1)OCCO2)C1Cc2ccccc2CN1S(=O)(=O)c1ccccc1. The Morgan fingerprint density at radius 2 is 1.56 bits per heavy atom. The summed E-state index contributed by atoms with van der Waals surface area (Å²) in [6.07, 6.45) is 0.290. The summed E-state index contributed by atoms with van der Waals surface area (Å²) in [5, 5.41) is 2.87. The second-order valence-electron chi connectivity index (χ2n) is 7.70. The Morgan fingerprint density at radius 1 is 0.875 bits per heavy atom. The number of carbonyl (C=O) groups is 1. The molecule has 32 heavy (non-hydrogen) atoms. The monoisotopic (exact) mass is 450 g/mol. The molecule has 8 heteroatoms. The van der Waals surface area contributed by atoms with Gasteiger partial charge in [-0.2, -0.15) is 4.31 Å². The van der Waals surface area contributed by atoms with E-state index < -0.39 is 22.0 Å². The molecule has 2 aliphatic rings. The highest BCUT2D eigenvalue weighted by Crippen LogP contribution is 2.34. The average Bonchev–Trinajstić information content (AvgIpc) is 2.83. The summed E-state index contributed by atoms with van der Waals surface area (Å²) >= 11 is 0. The van der Waals surface area contributed by atoms with Crippen LogP contribution in [0.4, 0.5) is 5.69 Å². The first-order valence-electron chi connectivity index (χ1n) is 10.4. The third kappa shape index (κ3) is 3.83. The zero-order chi connectivity index (χ0) is 22.1. The zero-order valence-electron chi connectivity index (χ0n) is 17.2. The number of hydrogen-bond donors (Lipinski definition) is 1. The van der Waals surface area contributed by atoms with Gasteiger partial charge in [-0.25, -0.2) is 8.42 Å². The Hall–Kier alpha value is -3.36. The molecule has 3 aromatic carbocycles. The van der Waals surface area contributed by atoms with Crippen molar-refractivity contribution in [3.63, 3.8) is 0 Å². The van der Waals surface area contributed by atoms with Crippen LogP contribution >= 0.6 is 0 Å². The summed E-state index contributed by atoms with van der Waals surface area (Å²) in [7, 11) is -3.88. The molecule has 0 bridgehead atoms. The van der Waals surface area contributed by atoms with Crippen LogP contribution < -0.4 is 14.8 Å². The lowest BCUT2D eigenvalue weighted by atomic mass is 9.95. The van der Waals surface area contributed by atoms with E-state index in [1.807, 2.05) is 24.3 Å².